The maximum absolute atomic E-state index is 11.7. The van der Waals surface area contributed by atoms with E-state index >= 15 is 0 Å². The van der Waals surface area contributed by atoms with Gasteiger partial charge in [-0.2, -0.15) is 0 Å². The molecule has 1 atom stereocenters. The number of hydrogen-bond donors (Lipinski definition) is 1. The van der Waals surface area contributed by atoms with Crippen LogP contribution in [0, 0.1) is 6.92 Å². The molecule has 128 valence electrons. The summed E-state index contributed by atoms with van der Waals surface area (Å²) in [6.07, 6.45) is 4.76. The second-order valence-electron chi connectivity index (χ2n) is 6.45. The van der Waals surface area contributed by atoms with Crippen LogP contribution in [0.2, 0.25) is 0 Å². The van der Waals surface area contributed by atoms with Gasteiger partial charge < -0.3 is 14.3 Å². The Bertz CT molecular complexity index is 997. The smallest absolute Gasteiger partial charge is 0.250 e. The third kappa shape index (κ3) is 2.89. The van der Waals surface area contributed by atoms with Gasteiger partial charge in [-0.3, -0.25) is 9.59 Å². The number of aromatic nitrogens is 3. The molecule has 1 aliphatic heterocycles. The molecule has 2 aromatic heterocycles. The Kier molecular flexibility index (Phi) is 3.97. The highest BCUT2D eigenvalue weighted by molar-refractivity contribution is 5.87. The maximum atomic E-state index is 11.7. The van der Waals surface area contributed by atoms with E-state index in [-0.39, 0.29) is 11.7 Å². The van der Waals surface area contributed by atoms with Crippen LogP contribution in [0.25, 0.3) is 22.4 Å². The van der Waals surface area contributed by atoms with E-state index < -0.39 is 0 Å². The number of imidazole rings is 1. The molecular formula is C19H19N3O3. The first kappa shape index (κ1) is 15.8. The average Bonchev–Trinajstić information content (AvgIpc) is 3.25. The predicted molar refractivity (Wildman–Crippen MR) is 94.9 cm³/mol. The van der Waals surface area contributed by atoms with Crippen LogP contribution >= 0.6 is 0 Å². The lowest BCUT2D eigenvalue weighted by Crippen LogP contribution is -2.16. The summed E-state index contributed by atoms with van der Waals surface area (Å²) in [6.45, 7) is 3.27. The molecule has 1 N–H and O–H groups in total. The van der Waals surface area contributed by atoms with Crippen molar-refractivity contribution >= 4 is 17.3 Å². The number of benzene rings is 1. The Hall–Kier alpha value is -2.73. The highest BCUT2D eigenvalue weighted by Gasteiger charge is 2.21. The van der Waals surface area contributed by atoms with E-state index in [1.807, 2.05) is 12.1 Å². The number of fused-ring (bicyclic) bond motifs is 1. The van der Waals surface area contributed by atoms with Crippen molar-refractivity contribution in [2.24, 2.45) is 0 Å². The van der Waals surface area contributed by atoms with Crippen molar-refractivity contribution in [1.29, 1.82) is 0 Å². The Balaban J connectivity index is 1.89. The van der Waals surface area contributed by atoms with E-state index in [0.29, 0.717) is 17.7 Å². The number of aryl methyl sites for hydroxylation is 1. The minimum atomic E-state index is -0.103. The maximum Gasteiger partial charge on any atom is 0.250 e. The molecule has 1 aromatic carbocycles. The van der Waals surface area contributed by atoms with Gasteiger partial charge in [0.1, 0.15) is 12.1 Å². The van der Waals surface area contributed by atoms with Crippen LogP contribution in [0.5, 0.6) is 0 Å². The van der Waals surface area contributed by atoms with Crippen molar-refractivity contribution in [3.05, 3.63) is 51.9 Å². The molecule has 25 heavy (non-hydrogen) atoms. The van der Waals surface area contributed by atoms with E-state index in [1.54, 1.807) is 25.3 Å². The number of carbonyl (C=O) groups excluding carboxylic acids is 1. The fourth-order valence-electron chi connectivity index (χ4n) is 3.34. The molecule has 1 unspecified atom stereocenters. The van der Waals surface area contributed by atoms with E-state index in [2.05, 4.69) is 9.55 Å². The SMILES string of the molecule is Cc1cc(-c2nc3cc(C=O)ccc3n2CC2CCCO2)c[nH]c1=O. The van der Waals surface area contributed by atoms with Crippen molar-refractivity contribution < 1.29 is 9.53 Å². The van der Waals surface area contributed by atoms with E-state index in [9.17, 15) is 9.59 Å². The first-order chi connectivity index (χ1) is 12.2. The zero-order valence-electron chi connectivity index (χ0n) is 14.0. The van der Waals surface area contributed by atoms with Gasteiger partial charge >= 0.3 is 0 Å². The summed E-state index contributed by atoms with van der Waals surface area (Å²) in [5.41, 5.74) is 3.70. The van der Waals surface area contributed by atoms with Gasteiger partial charge in [0.05, 0.1) is 23.7 Å². The summed E-state index contributed by atoms with van der Waals surface area (Å²) < 4.78 is 7.91. The molecule has 1 saturated heterocycles. The molecular weight excluding hydrogens is 318 g/mol. The zero-order valence-corrected chi connectivity index (χ0v) is 14.0. The number of nitrogens with one attached hydrogen (secondary N) is 1. The lowest BCUT2D eigenvalue weighted by molar-refractivity contribution is 0.0982. The molecule has 0 saturated carbocycles. The molecule has 6 heteroatoms. The second kappa shape index (κ2) is 6.29. The molecule has 3 aromatic rings. The highest BCUT2D eigenvalue weighted by atomic mass is 16.5. The quantitative estimate of drug-likeness (QED) is 0.743. The predicted octanol–water partition coefficient (Wildman–Crippen LogP) is 2.69. The molecule has 1 aliphatic rings. The number of H-pyrrole nitrogens is 1. The van der Waals surface area contributed by atoms with Crippen molar-refractivity contribution in [3.63, 3.8) is 0 Å². The molecule has 0 radical (unpaired) electrons. The molecule has 0 spiro atoms. The third-order valence-electron chi connectivity index (χ3n) is 4.67. The minimum Gasteiger partial charge on any atom is -0.376 e. The van der Waals surface area contributed by atoms with Crippen LogP contribution in [0.15, 0.2) is 35.3 Å². The van der Waals surface area contributed by atoms with Crippen LogP contribution in [0.1, 0.15) is 28.8 Å². The number of nitrogens with zero attached hydrogens (tertiary/aromatic N) is 2. The van der Waals surface area contributed by atoms with E-state index in [4.69, 9.17) is 9.72 Å². The van der Waals surface area contributed by atoms with E-state index in [1.165, 1.54) is 0 Å². The number of aromatic amines is 1. The molecule has 1 fully saturated rings. The average molecular weight is 337 g/mol. The largest absolute Gasteiger partial charge is 0.376 e. The standard InChI is InChI=1S/C19H19N3O3/c1-12-7-14(9-20-19(12)24)18-21-16-8-13(11-23)4-5-17(16)22(18)10-15-3-2-6-25-15/h4-5,7-9,11,15H,2-3,6,10H2,1H3,(H,20,24). The van der Waals surface area contributed by atoms with Crippen molar-refractivity contribution in [2.75, 3.05) is 6.61 Å². The van der Waals surface area contributed by atoms with Crippen LogP contribution < -0.4 is 5.56 Å². The van der Waals surface area contributed by atoms with Gasteiger partial charge in [0.15, 0.2) is 0 Å². The van der Waals surface area contributed by atoms with Gasteiger partial charge in [0.25, 0.3) is 5.56 Å². The Morgan fingerprint density at radius 3 is 3.00 bits per heavy atom. The monoisotopic (exact) mass is 337 g/mol. The summed E-state index contributed by atoms with van der Waals surface area (Å²) in [5.74, 6) is 0.771. The van der Waals surface area contributed by atoms with Gasteiger partial charge in [-0.15, -0.1) is 0 Å². The van der Waals surface area contributed by atoms with E-state index in [0.717, 1.165) is 48.2 Å². The Morgan fingerprint density at radius 1 is 1.40 bits per heavy atom. The van der Waals surface area contributed by atoms with Crippen molar-refractivity contribution in [2.45, 2.75) is 32.4 Å². The molecule has 6 nitrogen and oxygen atoms in total. The summed E-state index contributed by atoms with van der Waals surface area (Å²) in [4.78, 5) is 30.2. The van der Waals surface area contributed by atoms with Gasteiger partial charge in [0.2, 0.25) is 0 Å². The fourth-order valence-corrected chi connectivity index (χ4v) is 3.34. The molecule has 0 aliphatic carbocycles. The first-order valence-electron chi connectivity index (χ1n) is 8.42. The summed E-state index contributed by atoms with van der Waals surface area (Å²) in [6, 6.07) is 7.34. The fraction of sp³-hybridized carbons (Fsp3) is 0.316. The highest BCUT2D eigenvalue weighted by Crippen LogP contribution is 2.27. The zero-order chi connectivity index (χ0) is 17.4. The van der Waals surface area contributed by atoms with Gasteiger partial charge in [-0.25, -0.2) is 4.98 Å². The number of rotatable bonds is 4. The molecule has 0 bridgehead atoms. The van der Waals surface area contributed by atoms with Gasteiger partial charge in [-0.1, -0.05) is 0 Å². The lowest BCUT2D eigenvalue weighted by atomic mass is 10.2. The van der Waals surface area contributed by atoms with Crippen LogP contribution in [0.4, 0.5) is 0 Å². The van der Waals surface area contributed by atoms with Crippen LogP contribution in [0.3, 0.4) is 0 Å². The summed E-state index contributed by atoms with van der Waals surface area (Å²) >= 11 is 0. The number of aldehydes is 1. The summed E-state index contributed by atoms with van der Waals surface area (Å²) in [5, 5.41) is 0. The van der Waals surface area contributed by atoms with Gasteiger partial charge in [0, 0.05) is 29.5 Å². The Morgan fingerprint density at radius 2 is 2.28 bits per heavy atom. The number of ether oxygens (including phenoxy) is 1. The third-order valence-corrected chi connectivity index (χ3v) is 4.67. The summed E-state index contributed by atoms with van der Waals surface area (Å²) in [7, 11) is 0. The van der Waals surface area contributed by atoms with Gasteiger partial charge in [-0.05, 0) is 44.0 Å². The number of hydrogen-bond acceptors (Lipinski definition) is 4. The molecule has 4 rings (SSSR count). The normalized spacial score (nSPS) is 17.2. The lowest BCUT2D eigenvalue weighted by Gasteiger charge is -2.14. The van der Waals surface area contributed by atoms with Crippen molar-refractivity contribution in [3.8, 4) is 11.4 Å². The topological polar surface area (TPSA) is 77.0 Å². The number of pyridine rings is 1. The second-order valence-corrected chi connectivity index (χ2v) is 6.45. The minimum absolute atomic E-state index is 0.103. The van der Waals surface area contributed by atoms with Crippen LogP contribution in [-0.4, -0.2) is 33.5 Å². The molecule has 0 amide bonds. The number of carbonyl (C=O) groups is 1. The first-order valence-corrected chi connectivity index (χ1v) is 8.42. The van der Waals surface area contributed by atoms with Crippen molar-refractivity contribution in [1.82, 2.24) is 14.5 Å². The molecule has 3 heterocycles. The van der Waals surface area contributed by atoms with Crippen LogP contribution in [-0.2, 0) is 11.3 Å². The Labute approximate surface area is 144 Å².